The molecule has 0 aliphatic carbocycles. The van der Waals surface area contributed by atoms with Crippen molar-refractivity contribution in [2.45, 2.75) is 53.1 Å². The van der Waals surface area contributed by atoms with E-state index in [9.17, 15) is 14.4 Å². The van der Waals surface area contributed by atoms with E-state index in [0.717, 1.165) is 0 Å². The van der Waals surface area contributed by atoms with Gasteiger partial charge in [0.25, 0.3) is 5.91 Å². The number of hydrogen-bond acceptors (Lipinski definition) is 6. The molecule has 10 heteroatoms. The molecule has 2 amide bonds. The van der Waals surface area contributed by atoms with E-state index in [4.69, 9.17) is 14.6 Å². The van der Waals surface area contributed by atoms with Crippen LogP contribution in [0.25, 0.3) is 11.3 Å². The summed E-state index contributed by atoms with van der Waals surface area (Å²) < 4.78 is 13.0. The highest BCUT2D eigenvalue weighted by molar-refractivity contribution is 5.94. The SMILES string of the molecule is COc1cccc(OC)c1-c1cc(C(=O)NC(CC(=O)NCC(=O)O)C(C)C)nn1C(C)C(C)C. The fourth-order valence-electron chi connectivity index (χ4n) is 3.53. The van der Waals surface area contributed by atoms with E-state index in [2.05, 4.69) is 29.6 Å². The molecular weight excluding hydrogens is 452 g/mol. The summed E-state index contributed by atoms with van der Waals surface area (Å²) in [6, 6.07) is 6.61. The normalized spacial score (nSPS) is 12.8. The van der Waals surface area contributed by atoms with Gasteiger partial charge in [0, 0.05) is 12.5 Å². The molecule has 1 heterocycles. The van der Waals surface area contributed by atoms with Gasteiger partial charge >= 0.3 is 5.97 Å². The number of methoxy groups -OCH3 is 2. The molecule has 1 aromatic heterocycles. The molecule has 10 nitrogen and oxygen atoms in total. The van der Waals surface area contributed by atoms with Crippen molar-refractivity contribution in [1.29, 1.82) is 0 Å². The third-order valence-electron chi connectivity index (χ3n) is 5.97. The van der Waals surface area contributed by atoms with Crippen LogP contribution >= 0.6 is 0 Å². The van der Waals surface area contributed by atoms with Crippen molar-refractivity contribution in [2.24, 2.45) is 11.8 Å². The van der Waals surface area contributed by atoms with E-state index in [1.807, 2.05) is 39.0 Å². The second kappa shape index (κ2) is 12.2. The van der Waals surface area contributed by atoms with Gasteiger partial charge in [-0.2, -0.15) is 5.10 Å². The molecule has 0 fully saturated rings. The number of carboxylic acid groups (broad SMARTS) is 1. The van der Waals surface area contributed by atoms with Crippen LogP contribution in [0, 0.1) is 11.8 Å². The van der Waals surface area contributed by atoms with E-state index in [1.54, 1.807) is 25.0 Å². The maximum atomic E-state index is 13.2. The number of carbonyl (C=O) groups is 3. The van der Waals surface area contributed by atoms with Crippen molar-refractivity contribution >= 4 is 17.8 Å². The molecule has 2 aromatic rings. The van der Waals surface area contributed by atoms with Gasteiger partial charge in [0.2, 0.25) is 5.91 Å². The highest BCUT2D eigenvalue weighted by Gasteiger charge is 2.27. The van der Waals surface area contributed by atoms with E-state index in [1.165, 1.54) is 0 Å². The van der Waals surface area contributed by atoms with Crippen LogP contribution in [-0.2, 0) is 9.59 Å². The average molecular weight is 489 g/mol. The van der Waals surface area contributed by atoms with Gasteiger partial charge in [-0.3, -0.25) is 19.1 Å². The number of benzene rings is 1. The molecule has 0 radical (unpaired) electrons. The number of aliphatic carboxylic acids is 1. The topological polar surface area (TPSA) is 132 Å². The second-order valence-electron chi connectivity index (χ2n) is 9.08. The van der Waals surface area contributed by atoms with Crippen molar-refractivity contribution in [3.63, 3.8) is 0 Å². The lowest BCUT2D eigenvalue weighted by Crippen LogP contribution is -2.43. The van der Waals surface area contributed by atoms with Gasteiger partial charge < -0.3 is 25.2 Å². The Bertz CT molecular complexity index is 1020. The van der Waals surface area contributed by atoms with Gasteiger partial charge in [0.1, 0.15) is 18.0 Å². The van der Waals surface area contributed by atoms with Crippen LogP contribution < -0.4 is 20.1 Å². The number of hydrogen-bond donors (Lipinski definition) is 3. The molecule has 2 unspecified atom stereocenters. The minimum Gasteiger partial charge on any atom is -0.496 e. The first-order chi connectivity index (χ1) is 16.5. The molecule has 0 spiro atoms. The lowest BCUT2D eigenvalue weighted by atomic mass is 10.00. The standard InChI is InChI=1S/C25H36N4O6/c1-14(2)16(5)29-19(24-20(34-6)9-8-10-21(24)35-7)11-18(28-29)25(33)27-17(15(3)4)12-22(30)26-13-23(31)32/h8-11,14-17H,12-13H2,1-7H3,(H,26,30)(H,27,33)(H,31,32). The van der Waals surface area contributed by atoms with Crippen LogP contribution in [0.4, 0.5) is 0 Å². The van der Waals surface area contributed by atoms with Gasteiger partial charge in [-0.25, -0.2) is 0 Å². The molecule has 0 aliphatic rings. The molecule has 0 bridgehead atoms. The Morgan fingerprint density at radius 1 is 1.03 bits per heavy atom. The number of aromatic nitrogens is 2. The molecular formula is C25H36N4O6. The Balaban J connectivity index is 2.44. The Morgan fingerprint density at radius 3 is 2.11 bits per heavy atom. The summed E-state index contributed by atoms with van der Waals surface area (Å²) in [5.74, 6) is -0.685. The Kier molecular flexibility index (Phi) is 9.68. The van der Waals surface area contributed by atoms with Crippen LogP contribution in [-0.4, -0.2) is 59.5 Å². The van der Waals surface area contributed by atoms with Crippen molar-refractivity contribution in [3.8, 4) is 22.8 Å². The number of rotatable bonds is 12. The molecule has 0 saturated heterocycles. The zero-order valence-corrected chi connectivity index (χ0v) is 21.4. The third-order valence-corrected chi connectivity index (χ3v) is 5.97. The number of nitrogens with zero attached hydrogens (tertiary/aromatic N) is 2. The van der Waals surface area contributed by atoms with Gasteiger partial charge in [-0.1, -0.05) is 33.8 Å². The fourth-order valence-corrected chi connectivity index (χ4v) is 3.53. The second-order valence-corrected chi connectivity index (χ2v) is 9.08. The summed E-state index contributed by atoms with van der Waals surface area (Å²) in [6.07, 6.45) is -0.0486. The highest BCUT2D eigenvalue weighted by atomic mass is 16.5. The molecule has 1 aromatic carbocycles. The molecule has 35 heavy (non-hydrogen) atoms. The van der Waals surface area contributed by atoms with Crippen molar-refractivity contribution in [2.75, 3.05) is 20.8 Å². The van der Waals surface area contributed by atoms with Crippen molar-refractivity contribution in [3.05, 3.63) is 30.0 Å². The van der Waals surface area contributed by atoms with E-state index < -0.39 is 30.4 Å². The maximum Gasteiger partial charge on any atom is 0.322 e. The highest BCUT2D eigenvalue weighted by Crippen LogP contribution is 2.40. The van der Waals surface area contributed by atoms with Gasteiger partial charge in [0.05, 0.1) is 31.5 Å². The van der Waals surface area contributed by atoms with Gasteiger partial charge in [0.15, 0.2) is 5.69 Å². The smallest absolute Gasteiger partial charge is 0.322 e. The number of carboxylic acids is 1. The quantitative estimate of drug-likeness (QED) is 0.418. The van der Waals surface area contributed by atoms with E-state index in [-0.39, 0.29) is 30.0 Å². The fraction of sp³-hybridized carbons (Fsp3) is 0.520. The number of amides is 2. The maximum absolute atomic E-state index is 13.2. The Morgan fingerprint density at radius 2 is 1.63 bits per heavy atom. The first kappa shape index (κ1) is 27.7. The van der Waals surface area contributed by atoms with Crippen LogP contribution in [0.3, 0.4) is 0 Å². The molecule has 0 aliphatic heterocycles. The largest absolute Gasteiger partial charge is 0.496 e. The molecule has 192 valence electrons. The third kappa shape index (κ3) is 6.97. The number of ether oxygens (including phenoxy) is 2. The summed E-state index contributed by atoms with van der Waals surface area (Å²) >= 11 is 0. The van der Waals surface area contributed by atoms with Gasteiger partial charge in [-0.15, -0.1) is 0 Å². The van der Waals surface area contributed by atoms with Crippen LogP contribution in [0.1, 0.15) is 57.6 Å². The number of nitrogens with one attached hydrogen (secondary N) is 2. The minimum absolute atomic E-state index is 0.0381. The summed E-state index contributed by atoms with van der Waals surface area (Å²) in [4.78, 5) is 36.1. The van der Waals surface area contributed by atoms with Crippen molar-refractivity contribution in [1.82, 2.24) is 20.4 Å². The Labute approximate surface area is 206 Å². The van der Waals surface area contributed by atoms with Gasteiger partial charge in [-0.05, 0) is 37.0 Å². The van der Waals surface area contributed by atoms with Crippen LogP contribution in [0.2, 0.25) is 0 Å². The lowest BCUT2D eigenvalue weighted by molar-refractivity contribution is -0.138. The lowest BCUT2D eigenvalue weighted by Gasteiger charge is -2.22. The zero-order valence-electron chi connectivity index (χ0n) is 21.4. The molecule has 2 atom stereocenters. The Hall–Kier alpha value is -3.56. The predicted octanol–water partition coefficient (Wildman–Crippen LogP) is 3.13. The summed E-state index contributed by atoms with van der Waals surface area (Å²) in [5.41, 5.74) is 1.55. The van der Waals surface area contributed by atoms with Crippen molar-refractivity contribution < 1.29 is 29.0 Å². The monoisotopic (exact) mass is 488 g/mol. The van der Waals surface area contributed by atoms with E-state index in [0.29, 0.717) is 22.8 Å². The van der Waals surface area contributed by atoms with Crippen LogP contribution in [0.5, 0.6) is 11.5 Å². The first-order valence-corrected chi connectivity index (χ1v) is 11.6. The summed E-state index contributed by atoms with van der Waals surface area (Å²) in [5, 5.41) is 18.6. The molecule has 3 N–H and O–H groups in total. The average Bonchev–Trinajstić information content (AvgIpc) is 3.25. The number of carbonyl (C=O) groups excluding carboxylic acids is 2. The predicted molar refractivity (Wildman–Crippen MR) is 132 cm³/mol. The molecule has 2 rings (SSSR count). The van der Waals surface area contributed by atoms with Crippen LogP contribution in [0.15, 0.2) is 24.3 Å². The molecule has 0 saturated carbocycles. The summed E-state index contributed by atoms with van der Waals surface area (Å²) in [7, 11) is 3.14. The van der Waals surface area contributed by atoms with E-state index >= 15 is 0 Å². The summed E-state index contributed by atoms with van der Waals surface area (Å²) in [6.45, 7) is 9.44. The minimum atomic E-state index is -1.13. The zero-order chi connectivity index (χ0) is 26.3. The first-order valence-electron chi connectivity index (χ1n) is 11.6.